The number of nitrogens with zero attached hydrogens (tertiary/aromatic N) is 1. The molecule has 10 heteroatoms. The molecule has 0 N–H and O–H groups in total. The van der Waals surface area contributed by atoms with Crippen molar-refractivity contribution in [2.45, 2.75) is 29.5 Å². The van der Waals surface area contributed by atoms with Crippen LogP contribution >= 0.6 is 11.6 Å². The second-order valence-corrected chi connectivity index (χ2v) is 9.36. The van der Waals surface area contributed by atoms with Crippen molar-refractivity contribution in [1.82, 2.24) is 4.31 Å². The van der Waals surface area contributed by atoms with Gasteiger partial charge in [-0.15, -0.1) is 0 Å². The Hall–Kier alpha value is -2.10. The summed E-state index contributed by atoms with van der Waals surface area (Å²) in [5, 5.41) is -0.579. The van der Waals surface area contributed by atoms with Crippen LogP contribution in [0.5, 0.6) is 0 Å². The number of hydrogen-bond donors (Lipinski definition) is 0. The zero-order chi connectivity index (χ0) is 21.0. The molecule has 0 radical (unpaired) electrons. The first-order valence-corrected chi connectivity index (χ1v) is 10.6. The van der Waals surface area contributed by atoms with Crippen LogP contribution < -0.4 is 0 Å². The van der Waals surface area contributed by atoms with Crippen molar-refractivity contribution >= 4 is 27.6 Å². The van der Waals surface area contributed by atoms with E-state index in [4.69, 9.17) is 16.3 Å². The highest BCUT2D eigenvalue weighted by molar-refractivity contribution is 7.89. The van der Waals surface area contributed by atoms with Crippen molar-refractivity contribution in [3.05, 3.63) is 64.2 Å². The monoisotopic (exact) mass is 445 g/mol. The van der Waals surface area contributed by atoms with Gasteiger partial charge in [0.2, 0.25) is 10.0 Å². The van der Waals surface area contributed by atoms with Crippen molar-refractivity contribution < 1.29 is 31.1 Å². The fourth-order valence-corrected chi connectivity index (χ4v) is 5.65. The summed E-state index contributed by atoms with van der Waals surface area (Å²) >= 11 is 5.60. The first-order valence-electron chi connectivity index (χ1n) is 8.74. The summed E-state index contributed by atoms with van der Waals surface area (Å²) in [6, 6.07) is 9.22. The third-order valence-corrected chi connectivity index (χ3v) is 7.40. The highest BCUT2D eigenvalue weighted by Crippen LogP contribution is 2.44. The molecular formula is C19H15ClF3NO4S. The van der Waals surface area contributed by atoms with E-state index in [1.165, 1.54) is 0 Å². The number of halogens is 4. The topological polar surface area (TPSA) is 63.7 Å². The molecule has 0 saturated carbocycles. The number of carbonyl (C=O) groups excluding carboxylic acids is 1. The summed E-state index contributed by atoms with van der Waals surface area (Å²) < 4.78 is 72.3. The van der Waals surface area contributed by atoms with Crippen molar-refractivity contribution in [3.8, 4) is 0 Å². The Kier molecular flexibility index (Phi) is 4.67. The van der Waals surface area contributed by atoms with Crippen LogP contribution in [0.3, 0.4) is 0 Å². The Morgan fingerprint density at radius 1 is 1.14 bits per heavy atom. The van der Waals surface area contributed by atoms with Gasteiger partial charge in [0.25, 0.3) is 0 Å². The Labute approximate surface area is 170 Å². The third-order valence-electron chi connectivity index (χ3n) is 5.23. The largest absolute Gasteiger partial charge is 0.449 e. The van der Waals surface area contributed by atoms with E-state index in [-0.39, 0.29) is 13.1 Å². The van der Waals surface area contributed by atoms with Gasteiger partial charge in [-0.25, -0.2) is 13.2 Å². The van der Waals surface area contributed by atoms with Gasteiger partial charge in [-0.05, 0) is 37.1 Å². The maximum Gasteiger partial charge on any atom is 0.417 e. The number of carbonyl (C=O) groups is 1. The van der Waals surface area contributed by atoms with Crippen LogP contribution in [0.4, 0.5) is 13.2 Å². The molecule has 0 bridgehead atoms. The number of alkyl halides is 3. The molecule has 0 aromatic heterocycles. The van der Waals surface area contributed by atoms with E-state index in [0.717, 1.165) is 16.4 Å². The van der Waals surface area contributed by atoms with Gasteiger partial charge in [-0.3, -0.25) is 0 Å². The summed E-state index contributed by atoms with van der Waals surface area (Å²) in [5.74, 6) is -0.536. The quantitative estimate of drug-likeness (QED) is 0.650. The number of hydrogen-bond acceptors (Lipinski definition) is 4. The molecule has 1 spiro atoms. The van der Waals surface area contributed by atoms with E-state index < -0.39 is 43.3 Å². The van der Waals surface area contributed by atoms with Crippen LogP contribution in [0.15, 0.2) is 47.4 Å². The van der Waals surface area contributed by atoms with Crippen LogP contribution in [0, 0.1) is 0 Å². The zero-order valence-electron chi connectivity index (χ0n) is 14.9. The summed E-state index contributed by atoms with van der Waals surface area (Å²) in [4.78, 5) is 11.7. The second kappa shape index (κ2) is 6.72. The normalized spacial score (nSPS) is 22.6. The lowest BCUT2D eigenvalue weighted by Gasteiger charge is -2.38. The lowest BCUT2D eigenvalue weighted by molar-refractivity contribution is -0.137. The smallest absolute Gasteiger partial charge is 0.417 e. The Morgan fingerprint density at radius 3 is 2.59 bits per heavy atom. The van der Waals surface area contributed by atoms with Crippen LogP contribution in [0.1, 0.15) is 34.3 Å². The van der Waals surface area contributed by atoms with E-state index in [9.17, 15) is 26.4 Å². The van der Waals surface area contributed by atoms with Crippen LogP contribution in [-0.2, 0) is 26.5 Å². The molecular weight excluding hydrogens is 431 g/mol. The first-order chi connectivity index (χ1) is 13.5. The van der Waals surface area contributed by atoms with E-state index in [1.54, 1.807) is 24.3 Å². The van der Waals surface area contributed by atoms with Gasteiger partial charge in [0.05, 0.1) is 27.6 Å². The van der Waals surface area contributed by atoms with Crippen LogP contribution in [0.25, 0.3) is 0 Å². The standard InChI is InChI=1S/C19H15ClF3NO4S/c20-16-7-6-12(10-15(16)19(21,22)23)29(26,27)24-9-3-8-18(11-24)14-5-2-1-4-13(14)17(25)28-18/h1-2,4-7,10H,3,8-9,11H2/t18-/m0/s1. The molecule has 0 aliphatic carbocycles. The Balaban J connectivity index is 1.72. The molecule has 2 heterocycles. The number of esters is 1. The summed E-state index contributed by atoms with van der Waals surface area (Å²) in [7, 11) is -4.26. The van der Waals surface area contributed by atoms with Crippen molar-refractivity contribution in [2.75, 3.05) is 13.1 Å². The SMILES string of the molecule is O=C1O[C@]2(CCCN(S(=O)(=O)c3ccc(Cl)c(C(F)(F)F)c3)C2)c2ccccc21. The van der Waals surface area contributed by atoms with Crippen molar-refractivity contribution in [2.24, 2.45) is 0 Å². The highest BCUT2D eigenvalue weighted by atomic mass is 35.5. The number of piperidine rings is 1. The third kappa shape index (κ3) is 3.31. The summed E-state index contributed by atoms with van der Waals surface area (Å²) in [6.07, 6.45) is -3.97. The predicted octanol–water partition coefficient (Wildman–Crippen LogP) is 4.21. The molecule has 4 rings (SSSR count). The maximum atomic E-state index is 13.2. The second-order valence-electron chi connectivity index (χ2n) is 7.01. The number of benzene rings is 2. The molecule has 1 saturated heterocycles. The fraction of sp³-hybridized carbons (Fsp3) is 0.316. The van der Waals surface area contributed by atoms with Gasteiger partial charge in [-0.2, -0.15) is 17.5 Å². The molecule has 1 atom stereocenters. The summed E-state index contributed by atoms with van der Waals surface area (Å²) in [6.45, 7) is -0.0597. The molecule has 1 fully saturated rings. The van der Waals surface area contributed by atoms with E-state index in [0.29, 0.717) is 30.0 Å². The number of ether oxygens (including phenoxy) is 1. The minimum atomic E-state index is -4.79. The Morgan fingerprint density at radius 2 is 1.86 bits per heavy atom. The van der Waals surface area contributed by atoms with Crippen LogP contribution in [-0.4, -0.2) is 31.8 Å². The molecule has 2 aliphatic rings. The maximum absolute atomic E-state index is 13.2. The molecule has 154 valence electrons. The molecule has 0 amide bonds. The highest BCUT2D eigenvalue weighted by Gasteiger charge is 2.50. The van der Waals surface area contributed by atoms with E-state index in [1.807, 2.05) is 0 Å². The van der Waals surface area contributed by atoms with Crippen LogP contribution in [0.2, 0.25) is 5.02 Å². The van der Waals surface area contributed by atoms with Gasteiger partial charge >= 0.3 is 12.1 Å². The average molecular weight is 446 g/mol. The minimum Gasteiger partial charge on any atom is -0.449 e. The molecule has 2 aromatic rings. The van der Waals surface area contributed by atoms with Gasteiger partial charge in [0, 0.05) is 12.1 Å². The van der Waals surface area contributed by atoms with Crippen molar-refractivity contribution in [1.29, 1.82) is 0 Å². The fourth-order valence-electron chi connectivity index (χ4n) is 3.87. The minimum absolute atomic E-state index is 0.105. The van der Waals surface area contributed by atoms with Gasteiger partial charge in [-0.1, -0.05) is 29.8 Å². The predicted molar refractivity (Wildman–Crippen MR) is 98.0 cm³/mol. The molecule has 5 nitrogen and oxygen atoms in total. The van der Waals surface area contributed by atoms with Crippen molar-refractivity contribution in [3.63, 3.8) is 0 Å². The Bertz CT molecular complexity index is 1100. The van der Waals surface area contributed by atoms with E-state index in [2.05, 4.69) is 0 Å². The molecule has 0 unspecified atom stereocenters. The number of rotatable bonds is 2. The van der Waals surface area contributed by atoms with Gasteiger partial charge in [0.1, 0.15) is 0 Å². The van der Waals surface area contributed by atoms with Gasteiger partial charge < -0.3 is 4.74 Å². The van der Waals surface area contributed by atoms with E-state index >= 15 is 0 Å². The lowest BCUT2D eigenvalue weighted by atomic mass is 9.86. The number of sulfonamides is 1. The molecule has 2 aromatic carbocycles. The summed E-state index contributed by atoms with van der Waals surface area (Å²) in [5.41, 5.74) is -1.39. The first kappa shape index (κ1) is 20.2. The zero-order valence-corrected chi connectivity index (χ0v) is 16.4. The van der Waals surface area contributed by atoms with Gasteiger partial charge in [0.15, 0.2) is 5.60 Å². The average Bonchev–Trinajstić information content (AvgIpc) is 2.93. The lowest BCUT2D eigenvalue weighted by Crippen LogP contribution is -2.48. The molecule has 29 heavy (non-hydrogen) atoms. The number of fused-ring (bicyclic) bond motifs is 2. The molecule has 2 aliphatic heterocycles.